The van der Waals surface area contributed by atoms with Crippen LogP contribution in [-0.2, 0) is 14.3 Å². The molecule has 0 amide bonds. The molecule has 0 fully saturated rings. The zero-order valence-electron chi connectivity index (χ0n) is 20.1. The molecule has 0 saturated heterocycles. The molecule has 5 nitrogen and oxygen atoms in total. The number of aliphatic carboxylic acids is 1. The molecule has 5 heteroatoms. The Bertz CT molecular complexity index is 462. The average molecular weight is 376 g/mol. The molecule has 0 spiro atoms. The molecule has 0 aromatic rings. The zero-order chi connectivity index (χ0) is 22.3. The van der Waals surface area contributed by atoms with Gasteiger partial charge in [0.1, 0.15) is 6.54 Å². The van der Waals surface area contributed by atoms with Gasteiger partial charge in [0.05, 0.1) is 27.6 Å². The van der Waals surface area contributed by atoms with Crippen LogP contribution in [0.3, 0.4) is 0 Å². The second kappa shape index (κ2) is 15.0. The van der Waals surface area contributed by atoms with E-state index in [-0.39, 0.29) is 12.4 Å². The minimum Gasteiger partial charge on any atom is -0.481 e. The summed E-state index contributed by atoms with van der Waals surface area (Å²) in [6.07, 6.45) is 10.3. The first kappa shape index (κ1) is 19.7. The molecule has 1 unspecified atom stereocenters. The van der Waals surface area contributed by atoms with Gasteiger partial charge in [0, 0.05) is 10.5 Å². The fraction of sp³-hybridized carbons (Fsp3) is 0.905. The smallest absolute Gasteiger partial charge is 0.307 e. The summed E-state index contributed by atoms with van der Waals surface area (Å²) in [6, 6.07) is 0. The number of carboxylic acid groups (broad SMARTS) is 1. The van der Waals surface area contributed by atoms with E-state index in [1.807, 2.05) is 21.1 Å². The van der Waals surface area contributed by atoms with E-state index in [4.69, 9.17) is 14.0 Å². The summed E-state index contributed by atoms with van der Waals surface area (Å²) in [4.78, 5) is 22.9. The summed E-state index contributed by atoms with van der Waals surface area (Å²) in [7, 11) is 5.83. The topological polar surface area (TPSA) is 63.6 Å². The van der Waals surface area contributed by atoms with Crippen LogP contribution in [0.5, 0.6) is 0 Å². The first-order chi connectivity index (χ1) is 13.4. The molecule has 1 atom stereocenters. The minimum absolute atomic E-state index is 0.155. The third-order valence-electron chi connectivity index (χ3n) is 4.26. The van der Waals surface area contributed by atoms with Crippen LogP contribution in [0.1, 0.15) is 94.4 Å². The lowest BCUT2D eigenvalue weighted by atomic mass is 10.1. The Morgan fingerprint density at radius 3 is 1.88 bits per heavy atom. The largest absolute Gasteiger partial charge is 0.481 e. The van der Waals surface area contributed by atoms with E-state index in [0.29, 0.717) is 23.9 Å². The lowest BCUT2D eigenvalue weighted by Crippen LogP contribution is -2.43. The second-order valence-electron chi connectivity index (χ2n) is 8.22. The van der Waals surface area contributed by atoms with Crippen molar-refractivity contribution < 1.29 is 28.0 Å². The van der Waals surface area contributed by atoms with Crippen LogP contribution in [0.25, 0.3) is 0 Å². The molecule has 0 aromatic heterocycles. The standard InChI is InChI=1S/C21H41NO4/c1-5-6-7-8-9-10-11-12-13-14-15-16-21(25)26-19(17-20(23)24)18-22(2,3)4/h19H,5-18H2,1-4H3/p+1/i1D3. The van der Waals surface area contributed by atoms with Crippen LogP contribution in [0, 0.1) is 0 Å². The van der Waals surface area contributed by atoms with Crippen LogP contribution < -0.4 is 0 Å². The fourth-order valence-corrected chi connectivity index (χ4v) is 3.00. The molecule has 0 radical (unpaired) electrons. The van der Waals surface area contributed by atoms with Crippen molar-refractivity contribution in [3.8, 4) is 0 Å². The molecular weight excluding hydrogens is 330 g/mol. The predicted octanol–water partition coefficient (Wildman–Crippen LogP) is 4.78. The summed E-state index contributed by atoms with van der Waals surface area (Å²) >= 11 is 0. The number of ether oxygens (including phenoxy) is 1. The van der Waals surface area contributed by atoms with Crippen molar-refractivity contribution in [2.75, 3.05) is 27.7 Å². The molecular formula is C21H42NO4+. The minimum atomic E-state index is -1.78. The van der Waals surface area contributed by atoms with Gasteiger partial charge in [-0.05, 0) is 6.42 Å². The number of hydrogen-bond donors (Lipinski definition) is 1. The summed E-state index contributed by atoms with van der Waals surface area (Å²) in [5, 5.41) is 8.98. The van der Waals surface area contributed by atoms with Crippen molar-refractivity contribution in [1.82, 2.24) is 0 Å². The molecule has 0 aromatic carbocycles. The predicted molar refractivity (Wildman–Crippen MR) is 106 cm³/mol. The molecule has 0 heterocycles. The van der Waals surface area contributed by atoms with E-state index in [2.05, 4.69) is 0 Å². The lowest BCUT2D eigenvalue weighted by molar-refractivity contribution is -0.873. The number of rotatable bonds is 17. The van der Waals surface area contributed by atoms with Crippen LogP contribution in [-0.4, -0.2) is 55.3 Å². The maximum absolute atomic E-state index is 12.0. The van der Waals surface area contributed by atoms with E-state index in [9.17, 15) is 9.59 Å². The van der Waals surface area contributed by atoms with Crippen molar-refractivity contribution >= 4 is 11.9 Å². The van der Waals surface area contributed by atoms with Crippen LogP contribution >= 0.6 is 0 Å². The average Bonchev–Trinajstić information content (AvgIpc) is 2.52. The third-order valence-corrected chi connectivity index (χ3v) is 4.26. The second-order valence-corrected chi connectivity index (χ2v) is 8.22. The molecule has 0 aliphatic rings. The van der Waals surface area contributed by atoms with E-state index < -0.39 is 18.9 Å². The van der Waals surface area contributed by atoms with Gasteiger partial charge >= 0.3 is 11.9 Å². The van der Waals surface area contributed by atoms with Gasteiger partial charge in [-0.3, -0.25) is 9.59 Å². The maximum atomic E-state index is 12.0. The van der Waals surface area contributed by atoms with Gasteiger partial charge in [0.15, 0.2) is 6.10 Å². The Labute approximate surface area is 164 Å². The third kappa shape index (κ3) is 17.7. The van der Waals surface area contributed by atoms with Gasteiger partial charge < -0.3 is 14.3 Å². The molecule has 154 valence electrons. The molecule has 1 N–H and O–H groups in total. The van der Waals surface area contributed by atoms with E-state index in [0.717, 1.165) is 51.4 Å². The number of hydrogen-bond acceptors (Lipinski definition) is 3. The molecule has 26 heavy (non-hydrogen) atoms. The highest BCUT2D eigenvalue weighted by atomic mass is 16.5. The quantitative estimate of drug-likeness (QED) is 0.226. The van der Waals surface area contributed by atoms with Gasteiger partial charge in [0.25, 0.3) is 0 Å². The summed E-state index contributed by atoms with van der Waals surface area (Å²) in [5.41, 5.74) is 0. The Morgan fingerprint density at radius 1 is 0.923 bits per heavy atom. The summed E-state index contributed by atoms with van der Waals surface area (Å²) in [6.45, 7) is -1.30. The Balaban J connectivity index is 3.66. The highest BCUT2D eigenvalue weighted by Crippen LogP contribution is 2.13. The lowest BCUT2D eigenvalue weighted by Gasteiger charge is -2.28. The highest BCUT2D eigenvalue weighted by Gasteiger charge is 2.24. The van der Waals surface area contributed by atoms with Crippen molar-refractivity contribution in [3.63, 3.8) is 0 Å². The molecule has 0 aliphatic heterocycles. The van der Waals surface area contributed by atoms with Gasteiger partial charge in [-0.1, -0.05) is 71.1 Å². The molecule has 0 aliphatic carbocycles. The normalized spacial score (nSPS) is 15.0. The van der Waals surface area contributed by atoms with Crippen LogP contribution in [0.15, 0.2) is 0 Å². The van der Waals surface area contributed by atoms with Crippen molar-refractivity contribution in [2.45, 2.75) is 96.4 Å². The highest BCUT2D eigenvalue weighted by molar-refractivity contribution is 5.71. The van der Waals surface area contributed by atoms with Gasteiger partial charge in [-0.15, -0.1) is 0 Å². The zero-order valence-corrected chi connectivity index (χ0v) is 17.1. The number of nitrogens with zero attached hydrogens (tertiary/aromatic N) is 1. The summed E-state index contributed by atoms with van der Waals surface area (Å²) in [5.74, 6) is -1.25. The molecule has 0 rings (SSSR count). The van der Waals surface area contributed by atoms with Crippen LogP contribution in [0.4, 0.5) is 0 Å². The Hall–Kier alpha value is -1.10. The Kier molecular flexibility index (Phi) is 11.3. The maximum Gasteiger partial charge on any atom is 0.307 e. The number of carbonyl (C=O) groups is 2. The first-order valence-electron chi connectivity index (χ1n) is 11.6. The number of quaternary nitrogens is 1. The van der Waals surface area contributed by atoms with Crippen molar-refractivity contribution in [1.29, 1.82) is 0 Å². The Morgan fingerprint density at radius 2 is 1.42 bits per heavy atom. The number of carboxylic acids is 1. The van der Waals surface area contributed by atoms with E-state index in [1.54, 1.807) is 0 Å². The van der Waals surface area contributed by atoms with Gasteiger partial charge in [0.2, 0.25) is 0 Å². The number of likely N-dealkylation sites (N-methyl/N-ethyl adjacent to an activating group) is 1. The molecule has 0 bridgehead atoms. The van der Waals surface area contributed by atoms with Crippen molar-refractivity contribution in [3.05, 3.63) is 0 Å². The first-order valence-corrected chi connectivity index (χ1v) is 10.1. The SMILES string of the molecule is [2H]C([2H])([2H])CCCCCCCCCCCCC(=O)OC(CC(=O)O)C[N+](C)(C)C. The molecule has 0 saturated carbocycles. The number of carbonyl (C=O) groups excluding carboxylic acids is 1. The number of esters is 1. The van der Waals surface area contributed by atoms with Gasteiger partial charge in [-0.25, -0.2) is 0 Å². The fourth-order valence-electron chi connectivity index (χ4n) is 3.00. The van der Waals surface area contributed by atoms with Crippen LogP contribution in [0.2, 0.25) is 0 Å². The van der Waals surface area contributed by atoms with Crippen molar-refractivity contribution in [2.24, 2.45) is 0 Å². The monoisotopic (exact) mass is 375 g/mol. The number of unbranched alkanes of at least 4 members (excludes halogenated alkanes) is 9. The van der Waals surface area contributed by atoms with E-state index in [1.165, 1.54) is 12.8 Å². The van der Waals surface area contributed by atoms with Gasteiger partial charge in [-0.2, -0.15) is 0 Å². The van der Waals surface area contributed by atoms with E-state index >= 15 is 0 Å². The summed E-state index contributed by atoms with van der Waals surface area (Å²) < 4.78 is 27.4.